The lowest BCUT2D eigenvalue weighted by atomic mass is 9.77. The molecule has 0 bridgehead atoms. The summed E-state index contributed by atoms with van der Waals surface area (Å²) in [6.45, 7) is 8.68. The van der Waals surface area contributed by atoms with Crippen molar-refractivity contribution < 1.29 is 9.59 Å². The second-order valence-corrected chi connectivity index (χ2v) is 6.10. The highest BCUT2D eigenvalue weighted by Gasteiger charge is 2.38. The zero-order valence-corrected chi connectivity index (χ0v) is 13.1. The molecular formula is C17H25NO2. The number of hydrogen-bond donors (Lipinski definition) is 1. The Kier molecular flexibility index (Phi) is 4.28. The highest BCUT2D eigenvalue weighted by atomic mass is 16.1. The lowest BCUT2D eigenvalue weighted by molar-refractivity contribution is -0.116. The van der Waals surface area contributed by atoms with Crippen LogP contribution in [0.2, 0.25) is 0 Å². The number of ketones is 2. The molecule has 0 aromatic carbocycles. The Bertz CT molecular complexity index is 513. The minimum absolute atomic E-state index is 0.0205. The summed E-state index contributed by atoms with van der Waals surface area (Å²) < 4.78 is 0. The second-order valence-electron chi connectivity index (χ2n) is 6.10. The molecule has 0 saturated carbocycles. The van der Waals surface area contributed by atoms with Crippen molar-refractivity contribution in [1.82, 2.24) is 5.32 Å². The van der Waals surface area contributed by atoms with Crippen LogP contribution in [0, 0.1) is 0 Å². The summed E-state index contributed by atoms with van der Waals surface area (Å²) in [5, 5.41) is 3.61. The van der Waals surface area contributed by atoms with Gasteiger partial charge in [-0.3, -0.25) is 9.59 Å². The first-order valence-corrected chi connectivity index (χ1v) is 7.69. The third kappa shape index (κ3) is 2.39. The maximum Gasteiger partial charge on any atom is 0.185 e. The second kappa shape index (κ2) is 5.65. The van der Waals surface area contributed by atoms with Gasteiger partial charge in [-0.1, -0.05) is 20.3 Å². The molecule has 0 aromatic heterocycles. The van der Waals surface area contributed by atoms with E-state index in [1.807, 2.05) is 0 Å². The predicted molar refractivity (Wildman–Crippen MR) is 80.6 cm³/mol. The van der Waals surface area contributed by atoms with Gasteiger partial charge in [0.05, 0.1) is 0 Å². The molecule has 3 heteroatoms. The van der Waals surface area contributed by atoms with Gasteiger partial charge in [-0.15, -0.1) is 0 Å². The van der Waals surface area contributed by atoms with Crippen molar-refractivity contribution in [3.05, 3.63) is 22.3 Å². The van der Waals surface area contributed by atoms with E-state index in [1.165, 1.54) is 0 Å². The first kappa shape index (κ1) is 15.2. The third-order valence-corrected chi connectivity index (χ3v) is 4.95. The number of rotatable bonds is 3. The monoisotopic (exact) mass is 275 g/mol. The van der Waals surface area contributed by atoms with E-state index in [0.29, 0.717) is 24.0 Å². The zero-order chi connectivity index (χ0) is 14.9. The van der Waals surface area contributed by atoms with Crippen molar-refractivity contribution in [2.75, 3.05) is 6.54 Å². The highest BCUT2D eigenvalue weighted by Crippen LogP contribution is 2.36. The quantitative estimate of drug-likeness (QED) is 0.805. The van der Waals surface area contributed by atoms with Gasteiger partial charge in [0, 0.05) is 27.8 Å². The molecule has 2 aliphatic rings. The molecule has 0 fully saturated rings. The average Bonchev–Trinajstić information content (AvgIpc) is 2.64. The molecule has 1 aliphatic carbocycles. The van der Waals surface area contributed by atoms with Gasteiger partial charge in [0.2, 0.25) is 0 Å². The maximum atomic E-state index is 12.6. The van der Waals surface area contributed by atoms with Crippen LogP contribution in [0.25, 0.3) is 0 Å². The number of nitrogens with one attached hydrogen (secondary N) is 1. The van der Waals surface area contributed by atoms with Crippen LogP contribution in [0.5, 0.6) is 0 Å². The fourth-order valence-corrected chi connectivity index (χ4v) is 3.45. The summed E-state index contributed by atoms with van der Waals surface area (Å²) in [7, 11) is 0. The molecular weight excluding hydrogens is 250 g/mol. The third-order valence-electron chi connectivity index (χ3n) is 4.95. The standard InChI is InChI=1S/C17H25NO2/c1-5-8-17(6-2)10-14-13(7-9-18-17)15(19)11(3)12(4)16(14)20/h18H,5-10H2,1-4H3. The van der Waals surface area contributed by atoms with Crippen LogP contribution in [0.4, 0.5) is 0 Å². The van der Waals surface area contributed by atoms with E-state index in [9.17, 15) is 9.59 Å². The van der Waals surface area contributed by atoms with Crippen LogP contribution in [0.15, 0.2) is 22.3 Å². The van der Waals surface area contributed by atoms with Crippen molar-refractivity contribution in [3.63, 3.8) is 0 Å². The first-order valence-electron chi connectivity index (χ1n) is 7.69. The van der Waals surface area contributed by atoms with E-state index in [1.54, 1.807) is 13.8 Å². The number of hydrogen-bond acceptors (Lipinski definition) is 3. The van der Waals surface area contributed by atoms with E-state index in [-0.39, 0.29) is 17.1 Å². The average molecular weight is 275 g/mol. The van der Waals surface area contributed by atoms with Gasteiger partial charge in [0.1, 0.15) is 0 Å². The van der Waals surface area contributed by atoms with E-state index in [2.05, 4.69) is 19.2 Å². The van der Waals surface area contributed by atoms with Crippen molar-refractivity contribution in [2.45, 2.75) is 65.3 Å². The Balaban J connectivity index is 2.43. The van der Waals surface area contributed by atoms with Gasteiger partial charge < -0.3 is 5.32 Å². The van der Waals surface area contributed by atoms with Crippen LogP contribution in [-0.4, -0.2) is 23.7 Å². The maximum absolute atomic E-state index is 12.6. The molecule has 0 spiro atoms. The molecule has 0 radical (unpaired) electrons. The number of Topliss-reactive ketones (excluding diaryl/α,β-unsaturated/α-hetero) is 2. The van der Waals surface area contributed by atoms with Crippen LogP contribution in [0.1, 0.15) is 59.8 Å². The van der Waals surface area contributed by atoms with Gasteiger partial charge in [-0.2, -0.15) is 0 Å². The highest BCUT2D eigenvalue weighted by molar-refractivity contribution is 6.24. The normalized spacial score (nSPS) is 27.8. The summed E-state index contributed by atoms with van der Waals surface area (Å²) in [6, 6.07) is 0. The van der Waals surface area contributed by atoms with Gasteiger partial charge in [-0.05, 0) is 46.1 Å². The molecule has 1 aliphatic heterocycles. The molecule has 1 unspecified atom stereocenters. The van der Waals surface area contributed by atoms with Gasteiger partial charge in [-0.25, -0.2) is 0 Å². The Morgan fingerprint density at radius 1 is 1.05 bits per heavy atom. The summed E-state index contributed by atoms with van der Waals surface area (Å²) >= 11 is 0. The Hall–Kier alpha value is -1.22. The summed E-state index contributed by atoms with van der Waals surface area (Å²) in [4.78, 5) is 25.0. The number of carbonyl (C=O) groups is 2. The predicted octanol–water partition coefficient (Wildman–Crippen LogP) is 3.10. The van der Waals surface area contributed by atoms with Crippen LogP contribution < -0.4 is 5.32 Å². The Labute approximate surface area is 121 Å². The molecule has 1 N–H and O–H groups in total. The molecule has 0 saturated heterocycles. The Morgan fingerprint density at radius 2 is 1.65 bits per heavy atom. The molecule has 2 rings (SSSR count). The Morgan fingerprint density at radius 3 is 2.20 bits per heavy atom. The van der Waals surface area contributed by atoms with E-state index >= 15 is 0 Å². The molecule has 0 aromatic rings. The van der Waals surface area contributed by atoms with Crippen molar-refractivity contribution in [1.29, 1.82) is 0 Å². The van der Waals surface area contributed by atoms with Crippen LogP contribution >= 0.6 is 0 Å². The summed E-state index contributed by atoms with van der Waals surface area (Å²) in [5.74, 6) is 0.178. The lowest BCUT2D eigenvalue weighted by Crippen LogP contribution is -2.45. The molecule has 110 valence electrons. The molecule has 0 amide bonds. The van der Waals surface area contributed by atoms with Crippen LogP contribution in [-0.2, 0) is 9.59 Å². The molecule has 20 heavy (non-hydrogen) atoms. The van der Waals surface area contributed by atoms with Crippen molar-refractivity contribution >= 4 is 11.6 Å². The number of allylic oxidation sites excluding steroid dienone is 2. The lowest BCUT2D eigenvalue weighted by Gasteiger charge is -2.34. The van der Waals surface area contributed by atoms with Crippen LogP contribution in [0.3, 0.4) is 0 Å². The van der Waals surface area contributed by atoms with E-state index in [4.69, 9.17) is 0 Å². The zero-order valence-electron chi connectivity index (χ0n) is 13.1. The number of carbonyl (C=O) groups excluding carboxylic acids is 2. The summed E-state index contributed by atoms with van der Waals surface area (Å²) in [6.07, 6.45) is 4.49. The van der Waals surface area contributed by atoms with Gasteiger partial charge >= 0.3 is 0 Å². The topological polar surface area (TPSA) is 46.2 Å². The van der Waals surface area contributed by atoms with E-state index in [0.717, 1.165) is 37.0 Å². The van der Waals surface area contributed by atoms with E-state index < -0.39 is 0 Å². The smallest absolute Gasteiger partial charge is 0.185 e. The fourth-order valence-electron chi connectivity index (χ4n) is 3.45. The van der Waals surface area contributed by atoms with Gasteiger partial charge in [0.25, 0.3) is 0 Å². The van der Waals surface area contributed by atoms with Crippen molar-refractivity contribution in [3.8, 4) is 0 Å². The SMILES string of the molecule is CCCC1(CC)CC2=C(CCN1)C(=O)C(C)=C(C)C2=O. The fraction of sp³-hybridized carbons (Fsp3) is 0.647. The minimum Gasteiger partial charge on any atom is -0.311 e. The largest absolute Gasteiger partial charge is 0.311 e. The summed E-state index contributed by atoms with van der Waals surface area (Å²) in [5.41, 5.74) is 2.79. The van der Waals surface area contributed by atoms with Gasteiger partial charge in [0.15, 0.2) is 11.6 Å². The molecule has 1 atom stereocenters. The molecule has 3 nitrogen and oxygen atoms in total. The van der Waals surface area contributed by atoms with Crippen molar-refractivity contribution in [2.24, 2.45) is 0 Å². The minimum atomic E-state index is -0.0205. The molecule has 1 heterocycles. The first-order chi connectivity index (χ1) is 9.45.